The van der Waals surface area contributed by atoms with Gasteiger partial charge in [0.15, 0.2) is 0 Å². The minimum atomic E-state index is -3.40. The van der Waals surface area contributed by atoms with Gasteiger partial charge in [0.25, 0.3) is 0 Å². The van der Waals surface area contributed by atoms with Crippen LogP contribution < -0.4 is 4.72 Å². The van der Waals surface area contributed by atoms with Gasteiger partial charge >= 0.3 is 5.97 Å². The molecule has 0 aromatic carbocycles. The number of hydrogen-bond acceptors (Lipinski definition) is 3. The van der Waals surface area contributed by atoms with Crippen molar-refractivity contribution in [2.75, 3.05) is 5.75 Å². The molecule has 0 heterocycles. The van der Waals surface area contributed by atoms with Gasteiger partial charge in [-0.25, -0.2) is 13.1 Å². The lowest BCUT2D eigenvalue weighted by atomic mass is 10.0. The lowest BCUT2D eigenvalue weighted by molar-refractivity contribution is -0.138. The Balaban J connectivity index is 4.50. The second-order valence-electron chi connectivity index (χ2n) is 4.73. The van der Waals surface area contributed by atoms with Gasteiger partial charge in [-0.05, 0) is 19.8 Å². The fourth-order valence-corrected chi connectivity index (χ4v) is 3.19. The van der Waals surface area contributed by atoms with Gasteiger partial charge in [0.05, 0.1) is 12.2 Å². The number of rotatable bonds is 6. The summed E-state index contributed by atoms with van der Waals surface area (Å²) in [4.78, 5) is 10.5. The first-order valence-corrected chi connectivity index (χ1v) is 6.43. The molecular weight excluding hydrogens is 218 g/mol. The molecule has 0 bridgehead atoms. The van der Waals surface area contributed by atoms with E-state index in [4.69, 9.17) is 5.11 Å². The highest BCUT2D eigenvalue weighted by Crippen LogP contribution is 2.11. The van der Waals surface area contributed by atoms with E-state index < -0.39 is 21.5 Å². The zero-order valence-electron chi connectivity index (χ0n) is 9.57. The van der Waals surface area contributed by atoms with Gasteiger partial charge < -0.3 is 5.11 Å². The smallest absolute Gasteiger partial charge is 0.305 e. The first-order chi connectivity index (χ1) is 6.54. The highest BCUT2D eigenvalue weighted by atomic mass is 32.2. The van der Waals surface area contributed by atoms with Crippen molar-refractivity contribution in [3.05, 3.63) is 0 Å². The molecular formula is C9H19NO4S. The highest BCUT2D eigenvalue weighted by Gasteiger charge is 2.27. The van der Waals surface area contributed by atoms with Gasteiger partial charge in [-0.15, -0.1) is 0 Å². The summed E-state index contributed by atoms with van der Waals surface area (Å²) in [6.45, 7) is 6.70. The average Bonchev–Trinajstić information content (AvgIpc) is 1.73. The lowest BCUT2D eigenvalue weighted by Gasteiger charge is -2.24. The molecule has 0 amide bonds. The van der Waals surface area contributed by atoms with Crippen molar-refractivity contribution in [1.29, 1.82) is 0 Å². The molecule has 0 rings (SSSR count). The maximum Gasteiger partial charge on any atom is 0.305 e. The normalized spacial score (nSPS) is 13.1. The van der Waals surface area contributed by atoms with E-state index in [1.807, 2.05) is 0 Å². The number of sulfonamides is 1. The molecule has 5 nitrogen and oxygen atoms in total. The van der Waals surface area contributed by atoms with Crippen molar-refractivity contribution in [2.45, 2.75) is 39.7 Å². The number of carboxylic acids is 1. The molecule has 90 valence electrons. The van der Waals surface area contributed by atoms with E-state index in [2.05, 4.69) is 4.72 Å². The van der Waals surface area contributed by atoms with Gasteiger partial charge in [0.1, 0.15) is 0 Å². The molecule has 0 aromatic rings. The van der Waals surface area contributed by atoms with E-state index in [1.54, 1.807) is 27.7 Å². The van der Waals surface area contributed by atoms with Crippen molar-refractivity contribution >= 4 is 16.0 Å². The topological polar surface area (TPSA) is 83.5 Å². The van der Waals surface area contributed by atoms with E-state index in [1.165, 1.54) is 0 Å². The second-order valence-corrected chi connectivity index (χ2v) is 6.50. The number of carboxylic acid groups (broad SMARTS) is 1. The summed E-state index contributed by atoms with van der Waals surface area (Å²) in [5, 5.41) is 8.59. The predicted molar refractivity (Wildman–Crippen MR) is 58.1 cm³/mol. The third-order valence-electron chi connectivity index (χ3n) is 1.58. The third kappa shape index (κ3) is 7.33. The quantitative estimate of drug-likeness (QED) is 0.716. The molecule has 0 atom stereocenters. The summed E-state index contributed by atoms with van der Waals surface area (Å²) in [6.07, 6.45) is -0.232. The molecule has 0 aliphatic heterocycles. The first kappa shape index (κ1) is 14.4. The van der Waals surface area contributed by atoms with Crippen LogP contribution in [-0.4, -0.2) is 30.8 Å². The SMILES string of the molecule is CC(C)CS(=O)(=O)NC(C)(C)CC(=O)O. The number of carbonyl (C=O) groups is 1. The summed E-state index contributed by atoms with van der Waals surface area (Å²) in [7, 11) is -3.40. The van der Waals surface area contributed by atoms with Gasteiger partial charge in [-0.1, -0.05) is 13.8 Å². The molecule has 2 N–H and O–H groups in total. The largest absolute Gasteiger partial charge is 0.481 e. The fraction of sp³-hybridized carbons (Fsp3) is 0.889. The average molecular weight is 237 g/mol. The van der Waals surface area contributed by atoms with Gasteiger partial charge in [0.2, 0.25) is 10.0 Å². The lowest BCUT2D eigenvalue weighted by Crippen LogP contribution is -2.46. The predicted octanol–water partition coefficient (Wildman–Crippen LogP) is 0.815. The Morgan fingerprint density at radius 3 is 2.20 bits per heavy atom. The molecule has 0 fully saturated rings. The van der Waals surface area contributed by atoms with Crippen molar-refractivity contribution in [3.8, 4) is 0 Å². The van der Waals surface area contributed by atoms with E-state index in [9.17, 15) is 13.2 Å². The van der Waals surface area contributed by atoms with Crippen LogP contribution in [0.4, 0.5) is 0 Å². The minimum Gasteiger partial charge on any atom is -0.481 e. The summed E-state index contributed by atoms with van der Waals surface area (Å²) in [6, 6.07) is 0. The van der Waals surface area contributed by atoms with Crippen LogP contribution in [0, 0.1) is 5.92 Å². The molecule has 0 saturated heterocycles. The molecule has 0 aromatic heterocycles. The summed E-state index contributed by atoms with van der Waals surface area (Å²) in [5.74, 6) is -0.994. The Labute approximate surface area is 90.9 Å². The zero-order valence-corrected chi connectivity index (χ0v) is 10.4. The van der Waals surface area contributed by atoms with Crippen LogP contribution in [0.5, 0.6) is 0 Å². The van der Waals surface area contributed by atoms with Crippen LogP contribution in [-0.2, 0) is 14.8 Å². The summed E-state index contributed by atoms with van der Waals surface area (Å²) < 4.78 is 25.5. The third-order valence-corrected chi connectivity index (χ3v) is 3.55. The molecule has 0 spiro atoms. The maximum absolute atomic E-state index is 11.5. The minimum absolute atomic E-state index is 0.00997. The van der Waals surface area contributed by atoms with Crippen LogP contribution in [0.3, 0.4) is 0 Å². The maximum atomic E-state index is 11.5. The van der Waals surface area contributed by atoms with Gasteiger partial charge in [0, 0.05) is 5.54 Å². The molecule has 0 aliphatic carbocycles. The Hall–Kier alpha value is -0.620. The Bertz CT molecular complexity index is 319. The molecule has 0 radical (unpaired) electrons. The molecule has 0 unspecified atom stereocenters. The first-order valence-electron chi connectivity index (χ1n) is 4.77. The summed E-state index contributed by atoms with van der Waals surface area (Å²) >= 11 is 0. The van der Waals surface area contributed by atoms with Crippen molar-refractivity contribution < 1.29 is 18.3 Å². The van der Waals surface area contributed by atoms with E-state index >= 15 is 0 Å². The fourth-order valence-electron chi connectivity index (χ4n) is 1.32. The van der Waals surface area contributed by atoms with Gasteiger partial charge in [-0.3, -0.25) is 4.79 Å². The van der Waals surface area contributed by atoms with Crippen LogP contribution in [0.1, 0.15) is 34.1 Å². The van der Waals surface area contributed by atoms with Crippen molar-refractivity contribution in [2.24, 2.45) is 5.92 Å². The standard InChI is InChI=1S/C9H19NO4S/c1-7(2)6-15(13,14)10-9(3,4)5-8(11)12/h7,10H,5-6H2,1-4H3,(H,11,12). The Morgan fingerprint density at radius 1 is 1.40 bits per heavy atom. The van der Waals surface area contributed by atoms with Gasteiger partial charge in [-0.2, -0.15) is 0 Å². The van der Waals surface area contributed by atoms with Crippen molar-refractivity contribution in [1.82, 2.24) is 4.72 Å². The number of nitrogens with one attached hydrogen (secondary N) is 1. The van der Waals surface area contributed by atoms with Crippen LogP contribution >= 0.6 is 0 Å². The van der Waals surface area contributed by atoms with E-state index in [0.29, 0.717) is 0 Å². The molecule has 6 heteroatoms. The summed E-state index contributed by atoms with van der Waals surface area (Å²) in [5.41, 5.74) is -0.945. The van der Waals surface area contributed by atoms with Crippen LogP contribution in [0.15, 0.2) is 0 Å². The van der Waals surface area contributed by atoms with Crippen molar-refractivity contribution in [3.63, 3.8) is 0 Å². The number of aliphatic carboxylic acids is 1. The zero-order chi connectivity index (χ0) is 12.3. The van der Waals surface area contributed by atoms with Crippen LogP contribution in [0.2, 0.25) is 0 Å². The van der Waals surface area contributed by atoms with E-state index in [0.717, 1.165) is 0 Å². The number of hydrogen-bond donors (Lipinski definition) is 2. The molecule has 0 aliphatic rings. The monoisotopic (exact) mass is 237 g/mol. The molecule has 15 heavy (non-hydrogen) atoms. The van der Waals surface area contributed by atoms with Crippen LogP contribution in [0.25, 0.3) is 0 Å². The Kier molecular flexibility index (Phi) is 4.73. The van der Waals surface area contributed by atoms with E-state index in [-0.39, 0.29) is 18.1 Å². The molecule has 0 saturated carbocycles. The second kappa shape index (κ2) is 4.94. The highest BCUT2D eigenvalue weighted by molar-refractivity contribution is 7.89. The Morgan fingerprint density at radius 2 is 1.87 bits per heavy atom.